The molecule has 0 spiro atoms. The number of rotatable bonds is 5. The van der Waals surface area contributed by atoms with Gasteiger partial charge >= 0.3 is 0 Å². The predicted octanol–water partition coefficient (Wildman–Crippen LogP) is 1.97. The van der Waals surface area contributed by atoms with E-state index in [9.17, 15) is 0 Å². The molecular weight excluding hydrogens is 212 g/mol. The third-order valence-corrected chi connectivity index (χ3v) is 2.86. The minimum absolute atomic E-state index is 0.0741. The van der Waals surface area contributed by atoms with Crippen molar-refractivity contribution >= 4 is 11.6 Å². The van der Waals surface area contributed by atoms with Crippen molar-refractivity contribution in [3.05, 3.63) is 12.2 Å². The van der Waals surface area contributed by atoms with Gasteiger partial charge in [0, 0.05) is 17.5 Å². The van der Waals surface area contributed by atoms with E-state index >= 15 is 0 Å². The van der Waals surface area contributed by atoms with Crippen molar-refractivity contribution in [3.63, 3.8) is 0 Å². The molecule has 0 saturated heterocycles. The summed E-state index contributed by atoms with van der Waals surface area (Å²) in [4.78, 5) is 4.22. The molecule has 15 heavy (non-hydrogen) atoms. The number of hydrogen-bond acceptors (Lipinski definition) is 3. The molecule has 5 heteroatoms. The van der Waals surface area contributed by atoms with Crippen LogP contribution in [0.4, 0.5) is 0 Å². The van der Waals surface area contributed by atoms with Crippen LogP contribution in [0.3, 0.4) is 0 Å². The summed E-state index contributed by atoms with van der Waals surface area (Å²) in [7, 11) is 0. The van der Waals surface area contributed by atoms with E-state index in [4.69, 9.17) is 11.6 Å². The average molecular weight is 231 g/mol. The van der Waals surface area contributed by atoms with Crippen molar-refractivity contribution in [3.8, 4) is 0 Å². The van der Waals surface area contributed by atoms with E-state index in [0.717, 1.165) is 5.82 Å². The fourth-order valence-corrected chi connectivity index (χ4v) is 1.29. The Morgan fingerprint density at radius 1 is 1.53 bits per heavy atom. The molecule has 1 aromatic heterocycles. The Bertz CT molecular complexity index is 306. The predicted molar refractivity (Wildman–Crippen MR) is 62.0 cm³/mol. The third-order valence-electron chi connectivity index (χ3n) is 2.20. The zero-order valence-electron chi connectivity index (χ0n) is 9.79. The summed E-state index contributed by atoms with van der Waals surface area (Å²) in [5.41, 5.74) is -0.0741. The molecule has 0 saturated carbocycles. The van der Waals surface area contributed by atoms with E-state index in [2.05, 4.69) is 43.1 Å². The van der Waals surface area contributed by atoms with E-state index in [1.54, 1.807) is 6.33 Å². The molecule has 0 atom stereocenters. The van der Waals surface area contributed by atoms with Gasteiger partial charge in [-0.1, -0.05) is 0 Å². The molecule has 0 aliphatic carbocycles. The number of alkyl halides is 1. The molecule has 86 valence electrons. The first-order valence-corrected chi connectivity index (χ1v) is 5.69. The van der Waals surface area contributed by atoms with Gasteiger partial charge in [-0.05, 0) is 27.7 Å². The highest BCUT2D eigenvalue weighted by atomic mass is 35.5. The lowest BCUT2D eigenvalue weighted by atomic mass is 10.1. The van der Waals surface area contributed by atoms with Crippen molar-refractivity contribution < 1.29 is 0 Å². The molecule has 1 heterocycles. The second-order valence-corrected chi connectivity index (χ2v) is 4.85. The Kier molecular flexibility index (Phi) is 4.11. The van der Waals surface area contributed by atoms with Gasteiger partial charge in [0.25, 0.3) is 0 Å². The van der Waals surface area contributed by atoms with Crippen LogP contribution in [0.2, 0.25) is 0 Å². The first-order valence-electron chi connectivity index (χ1n) is 5.15. The van der Waals surface area contributed by atoms with Crippen LogP contribution >= 0.6 is 11.6 Å². The van der Waals surface area contributed by atoms with E-state index < -0.39 is 0 Å². The number of hydrogen-bond donors (Lipinski definition) is 1. The van der Waals surface area contributed by atoms with Gasteiger partial charge in [-0.3, -0.25) is 0 Å². The van der Waals surface area contributed by atoms with Gasteiger partial charge in [0.2, 0.25) is 0 Å². The quantitative estimate of drug-likeness (QED) is 0.787. The summed E-state index contributed by atoms with van der Waals surface area (Å²) >= 11 is 5.83. The van der Waals surface area contributed by atoms with E-state index in [1.807, 2.05) is 4.68 Å². The van der Waals surface area contributed by atoms with Gasteiger partial charge < -0.3 is 5.32 Å². The summed E-state index contributed by atoms with van der Waals surface area (Å²) < 4.78 is 1.91. The average Bonchev–Trinajstić information content (AvgIpc) is 2.63. The Hall–Kier alpha value is -0.610. The fraction of sp³-hybridized carbons (Fsp3) is 0.800. The van der Waals surface area contributed by atoms with E-state index in [-0.39, 0.29) is 5.54 Å². The normalized spacial score (nSPS) is 12.4. The zero-order chi connectivity index (χ0) is 11.5. The summed E-state index contributed by atoms with van der Waals surface area (Å²) in [5, 5.41) is 7.53. The number of nitrogens with zero attached hydrogens (tertiary/aromatic N) is 3. The molecule has 0 unspecified atom stereocenters. The molecule has 1 aromatic rings. The smallest absolute Gasteiger partial charge is 0.141 e. The lowest BCUT2D eigenvalue weighted by molar-refractivity contribution is 0.404. The van der Waals surface area contributed by atoms with Crippen molar-refractivity contribution in [1.82, 2.24) is 20.1 Å². The summed E-state index contributed by atoms with van der Waals surface area (Å²) in [5.74, 6) is 1.52. The van der Waals surface area contributed by atoms with Crippen LogP contribution in [0.5, 0.6) is 0 Å². The van der Waals surface area contributed by atoms with Crippen LogP contribution in [-0.4, -0.2) is 26.2 Å². The Labute approximate surface area is 96.0 Å². The monoisotopic (exact) mass is 230 g/mol. The van der Waals surface area contributed by atoms with E-state index in [1.165, 1.54) is 0 Å². The number of nitrogens with one attached hydrogen (secondary N) is 1. The molecule has 0 aliphatic heterocycles. The highest BCUT2D eigenvalue weighted by Gasteiger charge is 2.16. The van der Waals surface area contributed by atoms with Crippen LogP contribution in [0, 0.1) is 0 Å². The molecule has 0 amide bonds. The largest absolute Gasteiger partial charge is 0.304 e. The van der Waals surface area contributed by atoms with Crippen LogP contribution in [-0.2, 0) is 6.54 Å². The van der Waals surface area contributed by atoms with Crippen LogP contribution < -0.4 is 5.32 Å². The second-order valence-electron chi connectivity index (χ2n) is 4.59. The highest BCUT2D eigenvalue weighted by Crippen LogP contribution is 2.08. The maximum Gasteiger partial charge on any atom is 0.141 e. The lowest BCUT2D eigenvalue weighted by Crippen LogP contribution is -2.41. The van der Waals surface area contributed by atoms with Gasteiger partial charge in [0.05, 0.1) is 6.54 Å². The second kappa shape index (κ2) is 4.94. The summed E-state index contributed by atoms with van der Waals surface area (Å²) in [6, 6.07) is 0.336. The Balaban J connectivity index is 2.61. The number of halogens is 1. The molecule has 4 nitrogen and oxygen atoms in total. The van der Waals surface area contributed by atoms with E-state index in [0.29, 0.717) is 18.5 Å². The first kappa shape index (κ1) is 12.5. The SMILES string of the molecule is CC(C)n1ncnc1CNC(C)(C)CCl. The van der Waals surface area contributed by atoms with Gasteiger partial charge in [0.15, 0.2) is 0 Å². The van der Waals surface area contributed by atoms with Gasteiger partial charge in [0.1, 0.15) is 12.2 Å². The van der Waals surface area contributed by atoms with Crippen LogP contribution in [0.15, 0.2) is 6.33 Å². The summed E-state index contributed by atoms with van der Waals surface area (Å²) in [6.07, 6.45) is 1.59. The van der Waals surface area contributed by atoms with Gasteiger partial charge in [-0.25, -0.2) is 9.67 Å². The molecular formula is C10H19ClN4. The van der Waals surface area contributed by atoms with Crippen molar-refractivity contribution in [2.75, 3.05) is 5.88 Å². The molecule has 1 rings (SSSR count). The fourth-order valence-electron chi connectivity index (χ4n) is 1.20. The van der Waals surface area contributed by atoms with Crippen molar-refractivity contribution in [2.45, 2.75) is 45.8 Å². The minimum atomic E-state index is -0.0741. The van der Waals surface area contributed by atoms with Crippen molar-refractivity contribution in [2.24, 2.45) is 0 Å². The molecule has 0 radical (unpaired) electrons. The van der Waals surface area contributed by atoms with Gasteiger partial charge in [-0.15, -0.1) is 11.6 Å². The minimum Gasteiger partial charge on any atom is -0.304 e. The maximum atomic E-state index is 5.83. The van der Waals surface area contributed by atoms with Gasteiger partial charge in [-0.2, -0.15) is 5.10 Å². The molecule has 0 fully saturated rings. The maximum absolute atomic E-state index is 5.83. The summed E-state index contributed by atoms with van der Waals surface area (Å²) in [6.45, 7) is 9.00. The van der Waals surface area contributed by atoms with Crippen molar-refractivity contribution in [1.29, 1.82) is 0 Å². The number of aromatic nitrogens is 3. The topological polar surface area (TPSA) is 42.7 Å². The zero-order valence-corrected chi connectivity index (χ0v) is 10.5. The first-order chi connectivity index (χ1) is 6.96. The standard InChI is InChI=1S/C10H19ClN4/c1-8(2)15-9(12-7-14-15)5-13-10(3,4)6-11/h7-8,13H,5-6H2,1-4H3. The third kappa shape index (κ3) is 3.47. The molecule has 0 aromatic carbocycles. The highest BCUT2D eigenvalue weighted by molar-refractivity contribution is 6.18. The Morgan fingerprint density at radius 3 is 2.73 bits per heavy atom. The Morgan fingerprint density at radius 2 is 2.20 bits per heavy atom. The molecule has 0 bridgehead atoms. The molecule has 0 aliphatic rings. The lowest BCUT2D eigenvalue weighted by Gasteiger charge is -2.23. The van der Waals surface area contributed by atoms with Crippen LogP contribution in [0.1, 0.15) is 39.6 Å². The molecule has 1 N–H and O–H groups in total. The van der Waals surface area contributed by atoms with Crippen LogP contribution in [0.25, 0.3) is 0 Å².